The van der Waals surface area contributed by atoms with Crippen LogP contribution in [0.15, 0.2) is 41.0 Å². The van der Waals surface area contributed by atoms with Gasteiger partial charge < -0.3 is 14.6 Å². The molecule has 0 radical (unpaired) electrons. The van der Waals surface area contributed by atoms with Gasteiger partial charge in [0, 0.05) is 30.9 Å². The van der Waals surface area contributed by atoms with E-state index in [-0.39, 0.29) is 5.91 Å². The summed E-state index contributed by atoms with van der Waals surface area (Å²) in [6.07, 6.45) is 1.91. The third-order valence-corrected chi connectivity index (χ3v) is 3.73. The Kier molecular flexibility index (Phi) is 5.59. The van der Waals surface area contributed by atoms with Crippen molar-refractivity contribution < 1.29 is 9.53 Å². The Bertz CT molecular complexity index is 622. The van der Waals surface area contributed by atoms with Crippen LogP contribution in [0.1, 0.15) is 28.5 Å². The van der Waals surface area contributed by atoms with Gasteiger partial charge in [-0.15, -0.1) is 0 Å². The van der Waals surface area contributed by atoms with Crippen LogP contribution in [0, 0.1) is 0 Å². The lowest BCUT2D eigenvalue weighted by Gasteiger charge is -2.11. The number of aryl methyl sites for hydroxylation is 1. The maximum atomic E-state index is 12.3. The zero-order valence-electron chi connectivity index (χ0n) is 12.2. The molecule has 5 heteroatoms. The monoisotopic (exact) mass is 350 g/mol. The number of benzene rings is 1. The van der Waals surface area contributed by atoms with Gasteiger partial charge in [-0.3, -0.25) is 4.79 Å². The standard InChI is InChI=1S/C16H19BrN2O2/c1-3-19-10-14(17)8-15(19)16(20)18-9-12-6-4-5-7-13(12)11-21-2/h4-8,10H,3,9,11H2,1-2H3,(H,18,20). The first-order valence-electron chi connectivity index (χ1n) is 6.85. The van der Waals surface area contributed by atoms with Gasteiger partial charge in [-0.2, -0.15) is 0 Å². The van der Waals surface area contributed by atoms with Crippen molar-refractivity contribution in [1.82, 2.24) is 9.88 Å². The van der Waals surface area contributed by atoms with Crippen LogP contribution in [0.2, 0.25) is 0 Å². The molecule has 2 rings (SSSR count). The van der Waals surface area contributed by atoms with E-state index < -0.39 is 0 Å². The van der Waals surface area contributed by atoms with Crippen LogP contribution < -0.4 is 5.32 Å². The number of carbonyl (C=O) groups excluding carboxylic acids is 1. The third kappa shape index (κ3) is 3.95. The summed E-state index contributed by atoms with van der Waals surface area (Å²) >= 11 is 3.40. The first-order chi connectivity index (χ1) is 10.2. The van der Waals surface area contributed by atoms with Gasteiger partial charge in [-0.1, -0.05) is 24.3 Å². The molecule has 4 nitrogen and oxygen atoms in total. The number of methoxy groups -OCH3 is 1. The number of hydrogen-bond acceptors (Lipinski definition) is 2. The zero-order chi connectivity index (χ0) is 15.2. The van der Waals surface area contributed by atoms with Crippen LogP contribution >= 0.6 is 15.9 Å². The minimum absolute atomic E-state index is 0.0743. The maximum Gasteiger partial charge on any atom is 0.268 e. The summed E-state index contributed by atoms with van der Waals surface area (Å²) in [6, 6.07) is 9.78. The SMILES string of the molecule is CCn1cc(Br)cc1C(=O)NCc1ccccc1COC. The smallest absolute Gasteiger partial charge is 0.268 e. The molecule has 0 saturated heterocycles. The molecule has 21 heavy (non-hydrogen) atoms. The molecule has 0 fully saturated rings. The molecule has 1 N–H and O–H groups in total. The van der Waals surface area contributed by atoms with Crippen LogP contribution in [0.3, 0.4) is 0 Å². The predicted molar refractivity (Wildman–Crippen MR) is 86.1 cm³/mol. The molecule has 0 saturated carbocycles. The van der Waals surface area contributed by atoms with Crippen LogP contribution in [0.25, 0.3) is 0 Å². The first kappa shape index (κ1) is 15.8. The molecule has 0 bridgehead atoms. The molecule has 1 aromatic heterocycles. The topological polar surface area (TPSA) is 43.3 Å². The average Bonchev–Trinajstić information content (AvgIpc) is 2.87. The van der Waals surface area contributed by atoms with Crippen LogP contribution in [-0.2, 0) is 24.4 Å². The van der Waals surface area contributed by atoms with Gasteiger partial charge in [0.2, 0.25) is 0 Å². The number of nitrogens with one attached hydrogen (secondary N) is 1. The third-order valence-electron chi connectivity index (χ3n) is 3.29. The number of halogens is 1. The Morgan fingerprint density at radius 3 is 2.71 bits per heavy atom. The van der Waals surface area contributed by atoms with Crippen molar-refractivity contribution in [3.05, 3.63) is 57.8 Å². The van der Waals surface area contributed by atoms with Gasteiger partial charge in [-0.05, 0) is 40.0 Å². The van der Waals surface area contributed by atoms with Crippen LogP contribution in [-0.4, -0.2) is 17.6 Å². The summed E-state index contributed by atoms with van der Waals surface area (Å²) in [4.78, 5) is 12.3. The van der Waals surface area contributed by atoms with Gasteiger partial charge >= 0.3 is 0 Å². The molecule has 2 aromatic rings. The molecular formula is C16H19BrN2O2. The van der Waals surface area contributed by atoms with E-state index in [0.717, 1.165) is 22.1 Å². The van der Waals surface area contributed by atoms with Crippen molar-refractivity contribution in [2.75, 3.05) is 7.11 Å². The zero-order valence-corrected chi connectivity index (χ0v) is 13.8. The number of hydrogen-bond donors (Lipinski definition) is 1. The second-order valence-electron chi connectivity index (χ2n) is 4.71. The summed E-state index contributed by atoms with van der Waals surface area (Å²) < 4.78 is 8.01. The van der Waals surface area contributed by atoms with Gasteiger partial charge in [0.1, 0.15) is 5.69 Å². The van der Waals surface area contributed by atoms with E-state index >= 15 is 0 Å². The Labute approximate surface area is 133 Å². The molecular weight excluding hydrogens is 332 g/mol. The minimum atomic E-state index is -0.0743. The summed E-state index contributed by atoms with van der Waals surface area (Å²) in [6.45, 7) is 3.81. The van der Waals surface area contributed by atoms with E-state index in [9.17, 15) is 4.79 Å². The quantitative estimate of drug-likeness (QED) is 0.867. The van der Waals surface area contributed by atoms with E-state index in [1.807, 2.05) is 48.0 Å². The van der Waals surface area contributed by atoms with Gasteiger partial charge in [0.05, 0.1) is 6.61 Å². The average molecular weight is 351 g/mol. The second-order valence-corrected chi connectivity index (χ2v) is 5.63. The first-order valence-corrected chi connectivity index (χ1v) is 7.64. The molecule has 0 spiro atoms. The lowest BCUT2D eigenvalue weighted by Crippen LogP contribution is -2.25. The van der Waals surface area contributed by atoms with E-state index in [0.29, 0.717) is 18.8 Å². The van der Waals surface area contributed by atoms with Crippen molar-refractivity contribution >= 4 is 21.8 Å². The maximum absolute atomic E-state index is 12.3. The number of carbonyl (C=O) groups is 1. The number of aromatic nitrogens is 1. The van der Waals surface area contributed by atoms with Crippen molar-refractivity contribution in [3.8, 4) is 0 Å². The molecule has 0 aliphatic carbocycles. The van der Waals surface area contributed by atoms with Crippen LogP contribution in [0.4, 0.5) is 0 Å². The predicted octanol–water partition coefficient (Wildman–Crippen LogP) is 3.35. The fraction of sp³-hybridized carbons (Fsp3) is 0.312. The van der Waals surface area contributed by atoms with E-state index in [1.54, 1.807) is 7.11 Å². The molecule has 0 aliphatic heterocycles. The minimum Gasteiger partial charge on any atom is -0.380 e. The summed E-state index contributed by atoms with van der Waals surface area (Å²) in [7, 11) is 1.67. The Morgan fingerprint density at radius 2 is 2.05 bits per heavy atom. The van der Waals surface area contributed by atoms with Crippen molar-refractivity contribution in [3.63, 3.8) is 0 Å². The Balaban J connectivity index is 2.07. The lowest BCUT2D eigenvalue weighted by molar-refractivity contribution is 0.0941. The highest BCUT2D eigenvalue weighted by Gasteiger charge is 2.12. The van der Waals surface area contributed by atoms with E-state index in [1.165, 1.54) is 0 Å². The summed E-state index contributed by atoms with van der Waals surface area (Å²) in [5.41, 5.74) is 2.82. The van der Waals surface area contributed by atoms with E-state index in [4.69, 9.17) is 4.74 Å². The molecule has 0 unspecified atom stereocenters. The second kappa shape index (κ2) is 7.43. The fourth-order valence-corrected chi connectivity index (χ4v) is 2.68. The Morgan fingerprint density at radius 1 is 1.33 bits per heavy atom. The fourth-order valence-electron chi connectivity index (χ4n) is 2.22. The van der Waals surface area contributed by atoms with Gasteiger partial charge in [-0.25, -0.2) is 0 Å². The van der Waals surface area contributed by atoms with Crippen molar-refractivity contribution in [1.29, 1.82) is 0 Å². The van der Waals surface area contributed by atoms with Crippen molar-refractivity contribution in [2.24, 2.45) is 0 Å². The number of rotatable bonds is 6. The highest BCUT2D eigenvalue weighted by atomic mass is 79.9. The lowest BCUT2D eigenvalue weighted by atomic mass is 10.1. The van der Waals surface area contributed by atoms with E-state index in [2.05, 4.69) is 21.2 Å². The Hall–Kier alpha value is -1.59. The highest BCUT2D eigenvalue weighted by Crippen LogP contribution is 2.15. The molecule has 1 amide bonds. The normalized spacial score (nSPS) is 10.6. The molecule has 0 aliphatic rings. The molecule has 1 aromatic carbocycles. The number of nitrogens with zero attached hydrogens (tertiary/aromatic N) is 1. The van der Waals surface area contributed by atoms with Crippen molar-refractivity contribution in [2.45, 2.75) is 26.6 Å². The summed E-state index contributed by atoms with van der Waals surface area (Å²) in [5.74, 6) is -0.0743. The number of ether oxygens (including phenoxy) is 1. The van der Waals surface area contributed by atoms with Gasteiger partial charge in [0.15, 0.2) is 0 Å². The molecule has 1 heterocycles. The molecule has 0 atom stereocenters. The largest absolute Gasteiger partial charge is 0.380 e. The number of amides is 1. The van der Waals surface area contributed by atoms with Crippen LogP contribution in [0.5, 0.6) is 0 Å². The summed E-state index contributed by atoms with van der Waals surface area (Å²) in [5, 5.41) is 2.97. The van der Waals surface area contributed by atoms with Gasteiger partial charge in [0.25, 0.3) is 5.91 Å². The molecule has 112 valence electrons. The highest BCUT2D eigenvalue weighted by molar-refractivity contribution is 9.10.